The van der Waals surface area contributed by atoms with Crippen LogP contribution in [0.4, 0.5) is 0 Å². The molecule has 2 rings (SSSR count). The summed E-state index contributed by atoms with van der Waals surface area (Å²) in [6, 6.07) is 5.80. The lowest BCUT2D eigenvalue weighted by atomic mass is 9.84. The summed E-state index contributed by atoms with van der Waals surface area (Å²) < 4.78 is 6.57. The molecule has 2 unspecified atom stereocenters. The predicted octanol–water partition coefficient (Wildman–Crippen LogP) is 3.97. The van der Waals surface area contributed by atoms with Gasteiger partial charge in [-0.2, -0.15) is 0 Å². The fraction of sp³-hybridized carbons (Fsp3) is 0.571. The van der Waals surface area contributed by atoms with Crippen LogP contribution in [-0.2, 0) is 11.2 Å². The van der Waals surface area contributed by atoms with Crippen molar-refractivity contribution < 1.29 is 9.84 Å². The van der Waals surface area contributed by atoms with E-state index < -0.39 is 5.60 Å². The standard InChI is InChI=1S/C14H18BrClO2/c1-2-12-9-14(17,5-6-18-12)8-10-3-4-11(15)7-13(10)16/h3-4,7,12,17H,2,5-6,8-9H2,1H3. The smallest absolute Gasteiger partial charge is 0.0735 e. The van der Waals surface area contributed by atoms with E-state index in [0.29, 0.717) is 30.9 Å². The fourth-order valence-corrected chi connectivity index (χ4v) is 3.18. The van der Waals surface area contributed by atoms with Crippen LogP contribution in [-0.4, -0.2) is 23.4 Å². The molecule has 0 aromatic heterocycles. The van der Waals surface area contributed by atoms with E-state index in [1.807, 2.05) is 18.2 Å². The van der Waals surface area contributed by atoms with Crippen molar-refractivity contribution in [3.63, 3.8) is 0 Å². The molecule has 0 radical (unpaired) electrons. The van der Waals surface area contributed by atoms with Gasteiger partial charge in [-0.05, 0) is 30.5 Å². The van der Waals surface area contributed by atoms with Crippen molar-refractivity contribution in [2.75, 3.05) is 6.61 Å². The van der Waals surface area contributed by atoms with Crippen LogP contribution in [0.3, 0.4) is 0 Å². The molecule has 1 heterocycles. The van der Waals surface area contributed by atoms with Crippen LogP contribution in [0.15, 0.2) is 22.7 Å². The molecule has 1 aromatic rings. The molecule has 2 nitrogen and oxygen atoms in total. The first kappa shape index (κ1) is 14.3. The van der Waals surface area contributed by atoms with Gasteiger partial charge in [-0.25, -0.2) is 0 Å². The van der Waals surface area contributed by atoms with Crippen LogP contribution in [0.25, 0.3) is 0 Å². The average molecular weight is 334 g/mol. The van der Waals surface area contributed by atoms with Crippen LogP contribution in [0.2, 0.25) is 5.02 Å². The second-order valence-corrected chi connectivity index (χ2v) is 6.31. The molecule has 1 aliphatic rings. The maximum absolute atomic E-state index is 10.7. The molecule has 0 amide bonds. The Hall–Kier alpha value is -0.0900. The van der Waals surface area contributed by atoms with Gasteiger partial charge in [0.15, 0.2) is 0 Å². The van der Waals surface area contributed by atoms with Crippen molar-refractivity contribution in [3.05, 3.63) is 33.3 Å². The molecule has 0 bridgehead atoms. The minimum Gasteiger partial charge on any atom is -0.389 e. The van der Waals surface area contributed by atoms with E-state index in [2.05, 4.69) is 22.9 Å². The van der Waals surface area contributed by atoms with Gasteiger partial charge in [-0.15, -0.1) is 0 Å². The Labute approximate surface area is 121 Å². The summed E-state index contributed by atoms with van der Waals surface area (Å²) in [4.78, 5) is 0. The zero-order chi connectivity index (χ0) is 13.2. The molecule has 0 saturated carbocycles. The van der Waals surface area contributed by atoms with Gasteiger partial charge in [0, 0.05) is 28.9 Å². The predicted molar refractivity (Wildman–Crippen MR) is 77.1 cm³/mol. The van der Waals surface area contributed by atoms with Crippen molar-refractivity contribution in [1.82, 2.24) is 0 Å². The molecular formula is C14H18BrClO2. The molecule has 0 spiro atoms. The Bertz CT molecular complexity index is 424. The first-order valence-corrected chi connectivity index (χ1v) is 7.47. The molecule has 1 aromatic carbocycles. The van der Waals surface area contributed by atoms with Crippen molar-refractivity contribution in [3.8, 4) is 0 Å². The van der Waals surface area contributed by atoms with Crippen molar-refractivity contribution in [2.24, 2.45) is 0 Å². The number of benzene rings is 1. The highest BCUT2D eigenvalue weighted by atomic mass is 79.9. The molecule has 2 atom stereocenters. The van der Waals surface area contributed by atoms with Gasteiger partial charge in [-0.1, -0.05) is 40.5 Å². The number of halogens is 2. The number of rotatable bonds is 3. The van der Waals surface area contributed by atoms with Crippen molar-refractivity contribution in [2.45, 2.75) is 44.3 Å². The lowest BCUT2D eigenvalue weighted by molar-refractivity contribution is -0.103. The topological polar surface area (TPSA) is 29.5 Å². The first-order valence-electron chi connectivity index (χ1n) is 6.30. The minimum absolute atomic E-state index is 0.165. The third-order valence-corrected chi connectivity index (χ3v) is 4.36. The molecule has 1 saturated heterocycles. The summed E-state index contributed by atoms with van der Waals surface area (Å²) in [5.41, 5.74) is 0.315. The van der Waals surface area contributed by atoms with Crippen molar-refractivity contribution >= 4 is 27.5 Å². The van der Waals surface area contributed by atoms with E-state index >= 15 is 0 Å². The highest BCUT2D eigenvalue weighted by molar-refractivity contribution is 9.10. The first-order chi connectivity index (χ1) is 8.52. The van der Waals surface area contributed by atoms with Gasteiger partial charge in [0.05, 0.1) is 11.7 Å². The number of ether oxygens (including phenoxy) is 1. The molecule has 18 heavy (non-hydrogen) atoms. The molecule has 100 valence electrons. The van der Waals surface area contributed by atoms with Gasteiger partial charge in [0.1, 0.15) is 0 Å². The highest BCUT2D eigenvalue weighted by Gasteiger charge is 2.34. The average Bonchev–Trinajstić information content (AvgIpc) is 2.33. The molecule has 1 aliphatic heterocycles. The number of aliphatic hydroxyl groups is 1. The van der Waals surface area contributed by atoms with Crippen molar-refractivity contribution in [1.29, 1.82) is 0 Å². The van der Waals surface area contributed by atoms with E-state index in [-0.39, 0.29) is 6.10 Å². The molecule has 0 aliphatic carbocycles. The van der Waals surface area contributed by atoms with Gasteiger partial charge >= 0.3 is 0 Å². The Kier molecular flexibility index (Phi) is 4.70. The Balaban J connectivity index is 2.11. The molecule has 4 heteroatoms. The Morgan fingerprint density at radius 1 is 1.56 bits per heavy atom. The Morgan fingerprint density at radius 2 is 2.33 bits per heavy atom. The summed E-state index contributed by atoms with van der Waals surface area (Å²) in [7, 11) is 0. The zero-order valence-electron chi connectivity index (χ0n) is 10.5. The second kappa shape index (κ2) is 5.91. The third-order valence-electron chi connectivity index (χ3n) is 3.52. The Morgan fingerprint density at radius 3 is 3.00 bits per heavy atom. The second-order valence-electron chi connectivity index (χ2n) is 4.99. The minimum atomic E-state index is -0.684. The number of hydrogen-bond acceptors (Lipinski definition) is 2. The SMILES string of the molecule is CCC1CC(O)(Cc2ccc(Br)cc2Cl)CCO1. The lowest BCUT2D eigenvalue weighted by Crippen LogP contribution is -2.42. The van der Waals surface area contributed by atoms with Gasteiger partial charge in [-0.3, -0.25) is 0 Å². The quantitative estimate of drug-likeness (QED) is 0.907. The fourth-order valence-electron chi connectivity index (χ4n) is 2.44. The van der Waals surface area contributed by atoms with E-state index in [1.165, 1.54) is 0 Å². The van der Waals surface area contributed by atoms with Crippen LogP contribution < -0.4 is 0 Å². The zero-order valence-corrected chi connectivity index (χ0v) is 12.8. The maximum Gasteiger partial charge on any atom is 0.0735 e. The van der Waals surface area contributed by atoms with E-state index in [0.717, 1.165) is 16.5 Å². The summed E-state index contributed by atoms with van der Waals surface area (Å²) >= 11 is 9.60. The van der Waals surface area contributed by atoms with Crippen LogP contribution >= 0.6 is 27.5 Å². The highest BCUT2D eigenvalue weighted by Crippen LogP contribution is 2.32. The molecule has 1 fully saturated rings. The van der Waals surface area contributed by atoms with E-state index in [1.54, 1.807) is 0 Å². The van der Waals surface area contributed by atoms with Crippen LogP contribution in [0, 0.1) is 0 Å². The van der Waals surface area contributed by atoms with Gasteiger partial charge in [0.25, 0.3) is 0 Å². The van der Waals surface area contributed by atoms with Gasteiger partial charge in [0.2, 0.25) is 0 Å². The summed E-state index contributed by atoms with van der Waals surface area (Å²) in [6.07, 6.45) is 3.07. The molecule has 1 N–H and O–H groups in total. The number of hydrogen-bond donors (Lipinski definition) is 1. The van der Waals surface area contributed by atoms with Gasteiger partial charge < -0.3 is 9.84 Å². The lowest BCUT2D eigenvalue weighted by Gasteiger charge is -2.37. The largest absolute Gasteiger partial charge is 0.389 e. The van der Waals surface area contributed by atoms with Crippen LogP contribution in [0.5, 0.6) is 0 Å². The molecular weight excluding hydrogens is 316 g/mol. The van der Waals surface area contributed by atoms with Crippen LogP contribution in [0.1, 0.15) is 31.7 Å². The summed E-state index contributed by atoms with van der Waals surface area (Å²) in [6.45, 7) is 2.71. The third kappa shape index (κ3) is 3.47. The van der Waals surface area contributed by atoms with E-state index in [9.17, 15) is 5.11 Å². The normalized spacial score (nSPS) is 28.3. The monoisotopic (exact) mass is 332 g/mol. The van der Waals surface area contributed by atoms with E-state index in [4.69, 9.17) is 16.3 Å². The summed E-state index contributed by atoms with van der Waals surface area (Å²) in [5, 5.41) is 11.4. The summed E-state index contributed by atoms with van der Waals surface area (Å²) in [5.74, 6) is 0. The maximum atomic E-state index is 10.7.